The zero-order chi connectivity index (χ0) is 15.0. The molecule has 1 unspecified atom stereocenters. The number of carbonyl (C=O) groups excluding carboxylic acids is 1. The second-order valence-corrected chi connectivity index (χ2v) is 5.42. The molecule has 0 aliphatic carbocycles. The zero-order valence-electron chi connectivity index (χ0n) is 12.7. The maximum atomic E-state index is 12.1. The van der Waals surface area contributed by atoms with E-state index in [1.54, 1.807) is 0 Å². The molecule has 3 N–H and O–H groups in total. The van der Waals surface area contributed by atoms with Gasteiger partial charge in [-0.2, -0.15) is 0 Å². The van der Waals surface area contributed by atoms with Crippen LogP contribution in [0.3, 0.4) is 0 Å². The Morgan fingerprint density at radius 1 is 1.30 bits per heavy atom. The molecule has 4 nitrogen and oxygen atoms in total. The molecule has 0 aliphatic heterocycles. The van der Waals surface area contributed by atoms with E-state index in [4.69, 9.17) is 10.5 Å². The first-order valence-electron chi connectivity index (χ1n) is 7.30. The molecule has 0 saturated carbocycles. The summed E-state index contributed by atoms with van der Waals surface area (Å²) in [5.41, 5.74) is 6.45. The number of carbonyl (C=O) groups is 1. The van der Waals surface area contributed by atoms with Gasteiger partial charge in [-0.1, -0.05) is 20.8 Å². The van der Waals surface area contributed by atoms with Crippen molar-refractivity contribution in [3.63, 3.8) is 0 Å². The highest BCUT2D eigenvalue weighted by molar-refractivity contribution is 5.92. The molecule has 0 aromatic heterocycles. The van der Waals surface area contributed by atoms with E-state index in [0.29, 0.717) is 19.1 Å². The fourth-order valence-corrected chi connectivity index (χ4v) is 1.98. The van der Waals surface area contributed by atoms with Gasteiger partial charge in [0, 0.05) is 12.2 Å². The third kappa shape index (κ3) is 5.61. The van der Waals surface area contributed by atoms with Gasteiger partial charge < -0.3 is 15.8 Å². The SMILES string of the molecule is CCCOc1ccc(NC(=O)C(CN)CC(C)C)cc1. The minimum atomic E-state index is -0.133. The van der Waals surface area contributed by atoms with Crippen LogP contribution in [0, 0.1) is 11.8 Å². The van der Waals surface area contributed by atoms with E-state index < -0.39 is 0 Å². The van der Waals surface area contributed by atoms with Gasteiger partial charge in [0.1, 0.15) is 5.75 Å². The fraction of sp³-hybridized carbons (Fsp3) is 0.562. The smallest absolute Gasteiger partial charge is 0.228 e. The Bertz CT molecular complexity index is 401. The number of hydrogen-bond donors (Lipinski definition) is 2. The molecule has 1 aromatic rings. The number of rotatable bonds is 8. The maximum Gasteiger partial charge on any atom is 0.228 e. The maximum absolute atomic E-state index is 12.1. The van der Waals surface area contributed by atoms with Crippen LogP contribution in [0.15, 0.2) is 24.3 Å². The number of hydrogen-bond acceptors (Lipinski definition) is 3. The molecule has 0 aliphatic rings. The second-order valence-electron chi connectivity index (χ2n) is 5.42. The normalized spacial score (nSPS) is 12.2. The summed E-state index contributed by atoms with van der Waals surface area (Å²) in [6, 6.07) is 7.44. The molecule has 1 amide bonds. The Morgan fingerprint density at radius 2 is 1.95 bits per heavy atom. The molecule has 1 atom stereocenters. The van der Waals surface area contributed by atoms with E-state index in [0.717, 1.165) is 24.3 Å². The minimum absolute atomic E-state index is 0.0107. The molecule has 20 heavy (non-hydrogen) atoms. The lowest BCUT2D eigenvalue weighted by Crippen LogP contribution is -2.30. The average molecular weight is 278 g/mol. The minimum Gasteiger partial charge on any atom is -0.494 e. The summed E-state index contributed by atoms with van der Waals surface area (Å²) in [4.78, 5) is 12.1. The van der Waals surface area contributed by atoms with Crippen molar-refractivity contribution >= 4 is 11.6 Å². The van der Waals surface area contributed by atoms with Crippen molar-refractivity contribution in [3.8, 4) is 5.75 Å². The number of nitrogens with one attached hydrogen (secondary N) is 1. The molecule has 0 bridgehead atoms. The van der Waals surface area contributed by atoms with Gasteiger partial charge >= 0.3 is 0 Å². The first-order chi connectivity index (χ1) is 9.56. The summed E-state index contributed by atoms with van der Waals surface area (Å²) < 4.78 is 5.50. The van der Waals surface area contributed by atoms with Gasteiger partial charge in [0.05, 0.1) is 12.5 Å². The van der Waals surface area contributed by atoms with Crippen LogP contribution >= 0.6 is 0 Å². The van der Waals surface area contributed by atoms with Gasteiger partial charge in [-0.3, -0.25) is 4.79 Å². The van der Waals surface area contributed by atoms with Gasteiger partial charge in [-0.25, -0.2) is 0 Å². The van der Waals surface area contributed by atoms with Gasteiger partial charge in [0.25, 0.3) is 0 Å². The predicted molar refractivity (Wildman–Crippen MR) is 82.9 cm³/mol. The van der Waals surface area contributed by atoms with Crippen LogP contribution < -0.4 is 15.8 Å². The highest BCUT2D eigenvalue weighted by atomic mass is 16.5. The first kappa shape index (κ1) is 16.5. The van der Waals surface area contributed by atoms with Gasteiger partial charge in [-0.15, -0.1) is 0 Å². The number of benzene rings is 1. The number of amides is 1. The highest BCUT2D eigenvalue weighted by Gasteiger charge is 2.18. The van der Waals surface area contributed by atoms with Crippen LogP contribution in [0.25, 0.3) is 0 Å². The molecule has 1 aromatic carbocycles. The molecule has 0 heterocycles. The van der Waals surface area contributed by atoms with E-state index in [-0.39, 0.29) is 11.8 Å². The number of ether oxygens (including phenoxy) is 1. The van der Waals surface area contributed by atoms with E-state index in [2.05, 4.69) is 26.1 Å². The van der Waals surface area contributed by atoms with Crippen molar-refractivity contribution in [2.75, 3.05) is 18.5 Å². The van der Waals surface area contributed by atoms with Crippen molar-refractivity contribution in [2.24, 2.45) is 17.6 Å². The molecule has 112 valence electrons. The molecule has 0 saturated heterocycles. The summed E-state index contributed by atoms with van der Waals surface area (Å²) in [6.07, 6.45) is 1.78. The summed E-state index contributed by atoms with van der Waals surface area (Å²) in [7, 11) is 0. The van der Waals surface area contributed by atoms with E-state index in [9.17, 15) is 4.79 Å². The van der Waals surface area contributed by atoms with Gasteiger partial charge in [0.2, 0.25) is 5.91 Å². The Labute approximate surface area is 121 Å². The topological polar surface area (TPSA) is 64.3 Å². The average Bonchev–Trinajstić information content (AvgIpc) is 2.43. The van der Waals surface area contributed by atoms with Crippen LogP contribution in [-0.2, 0) is 4.79 Å². The van der Waals surface area contributed by atoms with Crippen LogP contribution in [0.1, 0.15) is 33.6 Å². The number of nitrogens with two attached hydrogens (primary N) is 1. The van der Waals surface area contributed by atoms with Gasteiger partial charge in [-0.05, 0) is 43.0 Å². The van der Waals surface area contributed by atoms with Crippen LogP contribution in [0.2, 0.25) is 0 Å². The summed E-state index contributed by atoms with van der Waals surface area (Å²) in [5.74, 6) is 1.14. The van der Waals surface area contributed by atoms with Crippen molar-refractivity contribution in [2.45, 2.75) is 33.6 Å². The lowest BCUT2D eigenvalue weighted by Gasteiger charge is -2.17. The molecule has 4 heteroatoms. The first-order valence-corrected chi connectivity index (χ1v) is 7.30. The van der Waals surface area contributed by atoms with Crippen molar-refractivity contribution < 1.29 is 9.53 Å². The van der Waals surface area contributed by atoms with E-state index >= 15 is 0 Å². The van der Waals surface area contributed by atoms with Crippen LogP contribution in [0.4, 0.5) is 5.69 Å². The third-order valence-electron chi connectivity index (χ3n) is 3.01. The van der Waals surface area contributed by atoms with E-state index in [1.807, 2.05) is 24.3 Å². The van der Waals surface area contributed by atoms with Crippen molar-refractivity contribution in [1.29, 1.82) is 0 Å². The largest absolute Gasteiger partial charge is 0.494 e. The monoisotopic (exact) mass is 278 g/mol. The lowest BCUT2D eigenvalue weighted by molar-refractivity contribution is -0.120. The fourth-order valence-electron chi connectivity index (χ4n) is 1.98. The second kappa shape index (κ2) is 8.59. The van der Waals surface area contributed by atoms with Crippen molar-refractivity contribution in [3.05, 3.63) is 24.3 Å². The summed E-state index contributed by atoms with van der Waals surface area (Å²) in [5, 5.41) is 2.91. The molecule has 0 radical (unpaired) electrons. The van der Waals surface area contributed by atoms with Gasteiger partial charge in [0.15, 0.2) is 0 Å². The Balaban J connectivity index is 2.56. The Kier molecular flexibility index (Phi) is 7.09. The number of anilines is 1. The molecule has 0 fully saturated rings. The molecular formula is C16H26N2O2. The zero-order valence-corrected chi connectivity index (χ0v) is 12.7. The molecular weight excluding hydrogens is 252 g/mol. The Morgan fingerprint density at radius 3 is 2.45 bits per heavy atom. The third-order valence-corrected chi connectivity index (χ3v) is 3.01. The highest BCUT2D eigenvalue weighted by Crippen LogP contribution is 2.18. The predicted octanol–water partition coefficient (Wildman–Crippen LogP) is 3.03. The van der Waals surface area contributed by atoms with E-state index in [1.165, 1.54) is 0 Å². The summed E-state index contributed by atoms with van der Waals surface area (Å²) in [6.45, 7) is 7.33. The van der Waals surface area contributed by atoms with Crippen LogP contribution in [-0.4, -0.2) is 19.1 Å². The molecule has 0 spiro atoms. The standard InChI is InChI=1S/C16H26N2O2/c1-4-9-20-15-7-5-14(6-8-15)18-16(19)13(11-17)10-12(2)3/h5-8,12-13H,4,9-11,17H2,1-3H3,(H,18,19). The van der Waals surface area contributed by atoms with Crippen molar-refractivity contribution in [1.82, 2.24) is 0 Å². The molecule has 1 rings (SSSR count). The quantitative estimate of drug-likeness (QED) is 0.768. The summed E-state index contributed by atoms with van der Waals surface area (Å²) >= 11 is 0. The lowest BCUT2D eigenvalue weighted by atomic mass is 9.96. The van der Waals surface area contributed by atoms with Crippen LogP contribution in [0.5, 0.6) is 5.75 Å². The Hall–Kier alpha value is -1.55.